The van der Waals surface area contributed by atoms with Crippen molar-refractivity contribution in [2.45, 2.75) is 31.0 Å². The lowest BCUT2D eigenvalue weighted by molar-refractivity contribution is -0.148. The molecular formula is C15H17F3N2O3. The number of hydrogen-bond acceptors (Lipinski definition) is 3. The van der Waals surface area contributed by atoms with Crippen LogP contribution in [0.5, 0.6) is 0 Å². The summed E-state index contributed by atoms with van der Waals surface area (Å²) in [6, 6.07) is 4.31. The number of β-amino-alcohol motifs (C(OH)–C–C–N with tert-alkyl or cyclic N) is 1. The second-order valence-corrected chi connectivity index (χ2v) is 5.69. The van der Waals surface area contributed by atoms with Crippen LogP contribution in [0.3, 0.4) is 0 Å². The second-order valence-electron chi connectivity index (χ2n) is 5.69. The van der Waals surface area contributed by atoms with Gasteiger partial charge in [-0.25, -0.2) is 0 Å². The SMILES string of the molecule is NC(=O)[C@@]1(O)CCCN(C(=O)Cc2ccc(C(F)(F)F)cc2)C1. The summed E-state index contributed by atoms with van der Waals surface area (Å²) in [7, 11) is 0. The number of aliphatic hydroxyl groups is 1. The number of likely N-dealkylation sites (tertiary alicyclic amines) is 1. The molecule has 0 spiro atoms. The first-order valence-corrected chi connectivity index (χ1v) is 7.08. The molecule has 5 nitrogen and oxygen atoms in total. The maximum Gasteiger partial charge on any atom is 0.416 e. The van der Waals surface area contributed by atoms with E-state index in [1.807, 2.05) is 0 Å². The molecule has 0 unspecified atom stereocenters. The van der Waals surface area contributed by atoms with Gasteiger partial charge in [-0.3, -0.25) is 9.59 Å². The maximum absolute atomic E-state index is 12.5. The molecule has 1 saturated heterocycles. The lowest BCUT2D eigenvalue weighted by Crippen LogP contribution is -2.57. The van der Waals surface area contributed by atoms with Crippen molar-refractivity contribution in [1.29, 1.82) is 0 Å². The molecule has 1 aliphatic rings. The Morgan fingerprint density at radius 3 is 2.39 bits per heavy atom. The fourth-order valence-electron chi connectivity index (χ4n) is 2.55. The van der Waals surface area contributed by atoms with Crippen LogP contribution < -0.4 is 5.73 Å². The van der Waals surface area contributed by atoms with Gasteiger partial charge in [-0.1, -0.05) is 12.1 Å². The quantitative estimate of drug-likeness (QED) is 0.870. The van der Waals surface area contributed by atoms with Crippen molar-refractivity contribution in [2.75, 3.05) is 13.1 Å². The third-order valence-electron chi connectivity index (χ3n) is 3.92. The molecule has 2 amide bonds. The predicted molar refractivity (Wildman–Crippen MR) is 75.1 cm³/mol. The Morgan fingerprint density at radius 2 is 1.87 bits per heavy atom. The lowest BCUT2D eigenvalue weighted by Gasteiger charge is -2.37. The third-order valence-corrected chi connectivity index (χ3v) is 3.92. The molecule has 0 aromatic heterocycles. The zero-order valence-corrected chi connectivity index (χ0v) is 12.3. The molecule has 2 rings (SSSR count). The molecule has 1 aromatic rings. The van der Waals surface area contributed by atoms with Gasteiger partial charge in [-0.2, -0.15) is 13.2 Å². The fourth-order valence-corrected chi connectivity index (χ4v) is 2.55. The predicted octanol–water partition coefficient (Wildman–Crippen LogP) is 1.09. The average molecular weight is 330 g/mol. The van der Waals surface area contributed by atoms with Crippen molar-refractivity contribution in [3.8, 4) is 0 Å². The number of carbonyl (C=O) groups is 2. The number of nitrogens with zero attached hydrogens (tertiary/aromatic N) is 1. The van der Waals surface area contributed by atoms with E-state index in [2.05, 4.69) is 0 Å². The largest absolute Gasteiger partial charge is 0.416 e. The zero-order chi connectivity index (χ0) is 17.3. The Kier molecular flexibility index (Phi) is 4.65. The average Bonchev–Trinajstić information content (AvgIpc) is 2.46. The monoisotopic (exact) mass is 330 g/mol. The minimum Gasteiger partial charge on any atom is -0.378 e. The van der Waals surface area contributed by atoms with Crippen LogP contribution >= 0.6 is 0 Å². The van der Waals surface area contributed by atoms with Crippen LogP contribution in [0.15, 0.2) is 24.3 Å². The van der Waals surface area contributed by atoms with Crippen LogP contribution in [0.4, 0.5) is 13.2 Å². The number of carbonyl (C=O) groups excluding carboxylic acids is 2. The lowest BCUT2D eigenvalue weighted by atomic mass is 9.92. The van der Waals surface area contributed by atoms with Crippen LogP contribution in [0.1, 0.15) is 24.0 Å². The molecule has 0 saturated carbocycles. The van der Waals surface area contributed by atoms with Gasteiger partial charge in [0, 0.05) is 6.54 Å². The first-order valence-electron chi connectivity index (χ1n) is 7.08. The zero-order valence-electron chi connectivity index (χ0n) is 12.3. The molecule has 1 aliphatic heterocycles. The van der Waals surface area contributed by atoms with Gasteiger partial charge in [0.1, 0.15) is 0 Å². The number of nitrogens with two attached hydrogens (primary N) is 1. The van der Waals surface area contributed by atoms with Gasteiger partial charge >= 0.3 is 6.18 Å². The van der Waals surface area contributed by atoms with E-state index in [9.17, 15) is 27.9 Å². The number of piperidine rings is 1. The number of hydrogen-bond donors (Lipinski definition) is 2. The molecular weight excluding hydrogens is 313 g/mol. The molecule has 8 heteroatoms. The standard InChI is InChI=1S/C15H17F3N2O3/c16-15(17,18)11-4-2-10(3-5-11)8-12(21)20-7-1-6-14(23,9-20)13(19)22/h2-5,23H,1,6-9H2,(H2,19,22)/t14-/m1/s1. The highest BCUT2D eigenvalue weighted by Gasteiger charge is 2.40. The molecule has 0 radical (unpaired) electrons. The van der Waals surface area contributed by atoms with Crippen molar-refractivity contribution in [1.82, 2.24) is 4.90 Å². The van der Waals surface area contributed by atoms with Gasteiger partial charge in [-0.15, -0.1) is 0 Å². The summed E-state index contributed by atoms with van der Waals surface area (Å²) >= 11 is 0. The number of benzene rings is 1. The molecule has 3 N–H and O–H groups in total. The Hall–Kier alpha value is -2.09. The van der Waals surface area contributed by atoms with Gasteiger partial charge in [0.2, 0.25) is 5.91 Å². The molecule has 126 valence electrons. The maximum atomic E-state index is 12.5. The molecule has 23 heavy (non-hydrogen) atoms. The normalized spacial score (nSPS) is 22.0. The van der Waals surface area contributed by atoms with E-state index < -0.39 is 23.2 Å². The van der Waals surface area contributed by atoms with Gasteiger partial charge in [0.05, 0.1) is 18.5 Å². The summed E-state index contributed by atoms with van der Waals surface area (Å²) in [6.45, 7) is 0.177. The van der Waals surface area contributed by atoms with E-state index in [0.717, 1.165) is 12.1 Å². The third kappa shape index (κ3) is 4.01. The van der Waals surface area contributed by atoms with E-state index >= 15 is 0 Å². The Labute approximate surface area is 130 Å². The summed E-state index contributed by atoms with van der Waals surface area (Å²) in [4.78, 5) is 24.8. The Bertz CT molecular complexity index is 601. The number of rotatable bonds is 3. The van der Waals surface area contributed by atoms with Gasteiger partial charge in [0.25, 0.3) is 5.91 Å². The summed E-state index contributed by atoms with van der Waals surface area (Å²) in [6.07, 6.45) is -3.91. The highest BCUT2D eigenvalue weighted by molar-refractivity contribution is 5.85. The minimum absolute atomic E-state index is 0.104. The van der Waals surface area contributed by atoms with Gasteiger partial charge < -0.3 is 15.7 Å². The number of primary amides is 1. The van der Waals surface area contributed by atoms with E-state index in [0.29, 0.717) is 18.5 Å². The molecule has 1 atom stereocenters. The minimum atomic E-state index is -4.42. The Morgan fingerprint density at radius 1 is 1.26 bits per heavy atom. The van der Waals surface area contributed by atoms with E-state index in [1.54, 1.807) is 0 Å². The number of halogens is 3. The van der Waals surface area contributed by atoms with Crippen LogP contribution in [-0.2, 0) is 22.2 Å². The second kappa shape index (κ2) is 6.19. The molecule has 1 heterocycles. The molecule has 0 bridgehead atoms. The van der Waals surface area contributed by atoms with Crippen LogP contribution in [0.25, 0.3) is 0 Å². The van der Waals surface area contributed by atoms with Crippen LogP contribution in [0.2, 0.25) is 0 Å². The Balaban J connectivity index is 2.03. The van der Waals surface area contributed by atoms with E-state index in [1.165, 1.54) is 17.0 Å². The number of alkyl halides is 3. The molecule has 1 fully saturated rings. The van der Waals surface area contributed by atoms with E-state index in [-0.39, 0.29) is 25.3 Å². The smallest absolute Gasteiger partial charge is 0.378 e. The molecule has 1 aromatic carbocycles. The summed E-state index contributed by atoms with van der Waals surface area (Å²) in [5, 5.41) is 10.1. The van der Waals surface area contributed by atoms with Crippen molar-refractivity contribution in [3.05, 3.63) is 35.4 Å². The highest BCUT2D eigenvalue weighted by Crippen LogP contribution is 2.29. The van der Waals surface area contributed by atoms with Crippen molar-refractivity contribution < 1.29 is 27.9 Å². The fraction of sp³-hybridized carbons (Fsp3) is 0.467. The van der Waals surface area contributed by atoms with Crippen molar-refractivity contribution >= 4 is 11.8 Å². The summed E-state index contributed by atoms with van der Waals surface area (Å²) in [5.74, 6) is -1.26. The molecule has 0 aliphatic carbocycles. The summed E-state index contributed by atoms with van der Waals surface area (Å²) in [5.41, 5.74) is 3.04. The number of amides is 2. The van der Waals surface area contributed by atoms with Gasteiger partial charge in [-0.05, 0) is 30.5 Å². The van der Waals surface area contributed by atoms with Crippen LogP contribution in [-0.4, -0.2) is 40.5 Å². The van der Waals surface area contributed by atoms with Crippen molar-refractivity contribution in [2.24, 2.45) is 5.73 Å². The topological polar surface area (TPSA) is 83.6 Å². The van der Waals surface area contributed by atoms with E-state index in [4.69, 9.17) is 5.73 Å². The first kappa shape index (κ1) is 17.3. The van der Waals surface area contributed by atoms with Crippen molar-refractivity contribution in [3.63, 3.8) is 0 Å². The van der Waals surface area contributed by atoms with Crippen LogP contribution in [0, 0.1) is 0 Å². The first-order chi connectivity index (χ1) is 10.6. The van der Waals surface area contributed by atoms with Gasteiger partial charge in [0.15, 0.2) is 5.60 Å². The highest BCUT2D eigenvalue weighted by atomic mass is 19.4. The summed E-state index contributed by atoms with van der Waals surface area (Å²) < 4.78 is 37.5.